The molecule has 0 aromatic heterocycles. The Labute approximate surface area is 127 Å². The van der Waals surface area contributed by atoms with Crippen LogP contribution in [0.1, 0.15) is 5.56 Å². The van der Waals surface area contributed by atoms with Crippen LogP contribution in [0.3, 0.4) is 0 Å². The predicted octanol–water partition coefficient (Wildman–Crippen LogP) is 0.191. The topological polar surface area (TPSA) is 104 Å². The molecule has 0 aliphatic carbocycles. The molecule has 1 aromatic rings. The van der Waals surface area contributed by atoms with Crippen molar-refractivity contribution in [3.8, 4) is 0 Å². The Hall–Kier alpha value is -2.67. The summed E-state index contributed by atoms with van der Waals surface area (Å²) < 4.78 is 5.00. The summed E-state index contributed by atoms with van der Waals surface area (Å²) in [7, 11) is 0. The number of carbonyl (C=O) groups excluding carboxylic acids is 2. The summed E-state index contributed by atoms with van der Waals surface area (Å²) in [6.07, 6.45) is 2.17. The fourth-order valence-electron chi connectivity index (χ4n) is 1.57. The maximum absolute atomic E-state index is 11.7. The van der Waals surface area contributed by atoms with Crippen molar-refractivity contribution >= 4 is 17.8 Å². The second-order valence-corrected chi connectivity index (χ2v) is 4.32. The van der Waals surface area contributed by atoms with Crippen LogP contribution in [0.4, 0.5) is 0 Å². The number of carbonyl (C=O) groups is 3. The van der Waals surface area contributed by atoms with E-state index in [1.165, 1.54) is 0 Å². The predicted molar refractivity (Wildman–Crippen MR) is 76.7 cm³/mol. The molecule has 0 bridgehead atoms. The number of rotatable bonds is 8. The minimum atomic E-state index is -1.25. The first kappa shape index (κ1) is 17.4. The molecule has 7 nitrogen and oxygen atoms in total. The van der Waals surface area contributed by atoms with Gasteiger partial charge in [-0.05, 0) is 5.56 Å². The third-order valence-corrected chi connectivity index (χ3v) is 2.57. The normalized spacial score (nSPS) is 10.4. The quantitative estimate of drug-likeness (QED) is 0.525. The number of amides is 1. The molecule has 0 fully saturated rings. The van der Waals surface area contributed by atoms with Gasteiger partial charge in [0, 0.05) is 6.08 Å². The van der Waals surface area contributed by atoms with E-state index < -0.39 is 30.9 Å². The van der Waals surface area contributed by atoms with Crippen LogP contribution in [0.15, 0.2) is 42.5 Å². The lowest BCUT2D eigenvalue weighted by atomic mass is 10.2. The number of nitrogens with zero attached hydrogens (tertiary/aromatic N) is 1. The van der Waals surface area contributed by atoms with Crippen molar-refractivity contribution in [2.45, 2.75) is 6.61 Å². The van der Waals surface area contributed by atoms with Gasteiger partial charge in [0.15, 0.2) is 0 Å². The number of ether oxygens (including phenoxy) is 1. The molecule has 22 heavy (non-hydrogen) atoms. The van der Waals surface area contributed by atoms with Crippen LogP contribution in [-0.2, 0) is 25.7 Å². The molecule has 2 N–H and O–H groups in total. The van der Waals surface area contributed by atoms with Crippen LogP contribution in [0.2, 0.25) is 0 Å². The first-order valence-corrected chi connectivity index (χ1v) is 6.50. The fraction of sp³-hybridized carbons (Fsp3) is 0.267. The highest BCUT2D eigenvalue weighted by Crippen LogP contribution is 2.02. The van der Waals surface area contributed by atoms with E-state index in [2.05, 4.69) is 0 Å². The van der Waals surface area contributed by atoms with Crippen LogP contribution >= 0.6 is 0 Å². The van der Waals surface area contributed by atoms with Gasteiger partial charge in [0.1, 0.15) is 19.7 Å². The summed E-state index contributed by atoms with van der Waals surface area (Å²) in [6.45, 7) is -1.42. The number of hydrogen-bond acceptors (Lipinski definition) is 5. The zero-order valence-electron chi connectivity index (χ0n) is 11.8. The summed E-state index contributed by atoms with van der Waals surface area (Å²) >= 11 is 0. The maximum atomic E-state index is 11.7. The van der Waals surface area contributed by atoms with Crippen molar-refractivity contribution < 1.29 is 29.3 Å². The molecule has 0 heterocycles. The molecule has 0 aliphatic heterocycles. The van der Waals surface area contributed by atoms with Crippen molar-refractivity contribution in [2.75, 3.05) is 19.7 Å². The first-order chi connectivity index (χ1) is 10.5. The smallest absolute Gasteiger partial charge is 0.326 e. The van der Waals surface area contributed by atoms with Gasteiger partial charge in [-0.3, -0.25) is 14.4 Å². The number of aliphatic hydroxyl groups excluding tert-OH is 1. The van der Waals surface area contributed by atoms with E-state index in [0.717, 1.165) is 22.6 Å². The van der Waals surface area contributed by atoms with E-state index >= 15 is 0 Å². The monoisotopic (exact) mass is 307 g/mol. The van der Waals surface area contributed by atoms with Crippen molar-refractivity contribution in [1.29, 1.82) is 0 Å². The largest absolute Gasteiger partial charge is 0.480 e. The van der Waals surface area contributed by atoms with E-state index in [9.17, 15) is 14.4 Å². The molecule has 0 unspecified atom stereocenters. The van der Waals surface area contributed by atoms with Crippen molar-refractivity contribution in [2.24, 2.45) is 0 Å². The second-order valence-electron chi connectivity index (χ2n) is 4.32. The third kappa shape index (κ3) is 6.67. The van der Waals surface area contributed by atoms with Crippen molar-refractivity contribution in [3.63, 3.8) is 0 Å². The van der Waals surface area contributed by atoms with Crippen molar-refractivity contribution in [1.82, 2.24) is 4.90 Å². The highest BCUT2D eigenvalue weighted by atomic mass is 16.5. The van der Waals surface area contributed by atoms with Gasteiger partial charge in [0.2, 0.25) is 5.91 Å². The minimum absolute atomic E-state index is 0.0429. The maximum Gasteiger partial charge on any atom is 0.326 e. The Kier molecular flexibility index (Phi) is 7.35. The second kappa shape index (κ2) is 9.30. The number of benzene rings is 1. The number of esters is 1. The lowest BCUT2D eigenvalue weighted by molar-refractivity contribution is -0.151. The van der Waals surface area contributed by atoms with Gasteiger partial charge in [-0.1, -0.05) is 36.4 Å². The Balaban J connectivity index is 2.56. The SMILES string of the molecule is O=C(O)CN(CC(=O)OCc1ccccc1)C(=O)/C=C/CO. The summed E-state index contributed by atoms with van der Waals surface area (Å²) in [5.74, 6) is -2.65. The molecule has 0 saturated heterocycles. The molecule has 0 aliphatic rings. The van der Waals surface area contributed by atoms with E-state index in [1.54, 1.807) is 24.3 Å². The number of aliphatic hydroxyl groups is 1. The Morgan fingerprint density at radius 2 is 1.82 bits per heavy atom. The van der Waals surface area contributed by atoms with Gasteiger partial charge in [-0.2, -0.15) is 0 Å². The molecule has 0 saturated carbocycles. The van der Waals surface area contributed by atoms with E-state index in [-0.39, 0.29) is 13.2 Å². The lowest BCUT2D eigenvalue weighted by Crippen LogP contribution is -2.39. The van der Waals surface area contributed by atoms with Crippen LogP contribution < -0.4 is 0 Å². The van der Waals surface area contributed by atoms with Crippen molar-refractivity contribution in [3.05, 3.63) is 48.0 Å². The highest BCUT2D eigenvalue weighted by Gasteiger charge is 2.18. The fourth-order valence-corrected chi connectivity index (χ4v) is 1.57. The Morgan fingerprint density at radius 1 is 1.14 bits per heavy atom. The number of hydrogen-bond donors (Lipinski definition) is 2. The number of carboxylic acid groups (broad SMARTS) is 1. The average molecular weight is 307 g/mol. The Bertz CT molecular complexity index is 540. The average Bonchev–Trinajstić information content (AvgIpc) is 2.50. The van der Waals surface area contributed by atoms with Gasteiger partial charge in [-0.15, -0.1) is 0 Å². The minimum Gasteiger partial charge on any atom is -0.480 e. The molecule has 118 valence electrons. The number of aliphatic carboxylic acids is 1. The molecular formula is C15H17NO6. The molecular weight excluding hydrogens is 290 g/mol. The van der Waals surface area contributed by atoms with Gasteiger partial charge in [0.25, 0.3) is 0 Å². The Morgan fingerprint density at radius 3 is 2.41 bits per heavy atom. The molecule has 1 rings (SSSR count). The molecule has 0 atom stereocenters. The summed E-state index contributed by atoms with van der Waals surface area (Å²) in [5.41, 5.74) is 0.784. The molecule has 0 radical (unpaired) electrons. The zero-order chi connectivity index (χ0) is 16.4. The van der Waals surface area contributed by atoms with Crippen LogP contribution in [0.5, 0.6) is 0 Å². The molecule has 1 amide bonds. The molecule has 7 heteroatoms. The van der Waals surface area contributed by atoms with E-state index in [1.807, 2.05) is 6.07 Å². The molecule has 1 aromatic carbocycles. The third-order valence-electron chi connectivity index (χ3n) is 2.57. The first-order valence-electron chi connectivity index (χ1n) is 6.50. The number of carboxylic acids is 1. The van der Waals surface area contributed by atoms with Gasteiger partial charge in [-0.25, -0.2) is 0 Å². The van der Waals surface area contributed by atoms with E-state index in [4.69, 9.17) is 14.9 Å². The van der Waals surface area contributed by atoms with Gasteiger partial charge >= 0.3 is 11.9 Å². The van der Waals surface area contributed by atoms with Crippen LogP contribution in [0, 0.1) is 0 Å². The standard InChI is InChI=1S/C15H17NO6/c17-8-4-7-13(18)16(9-14(19)20)10-15(21)22-11-12-5-2-1-3-6-12/h1-7,17H,8-11H2,(H,19,20)/b7-4+. The highest BCUT2D eigenvalue weighted by molar-refractivity contribution is 5.92. The summed E-state index contributed by atoms with van der Waals surface area (Å²) in [4.78, 5) is 35.0. The zero-order valence-corrected chi connectivity index (χ0v) is 11.8. The molecule has 0 spiro atoms. The van der Waals surface area contributed by atoms with Gasteiger partial charge in [0.05, 0.1) is 6.61 Å². The lowest BCUT2D eigenvalue weighted by Gasteiger charge is -2.18. The van der Waals surface area contributed by atoms with Crippen LogP contribution in [0.25, 0.3) is 0 Å². The van der Waals surface area contributed by atoms with Gasteiger partial charge < -0.3 is 19.8 Å². The van der Waals surface area contributed by atoms with E-state index in [0.29, 0.717) is 0 Å². The summed E-state index contributed by atoms with van der Waals surface area (Å²) in [6, 6.07) is 8.97. The van der Waals surface area contributed by atoms with Crippen LogP contribution in [-0.4, -0.2) is 52.7 Å². The summed E-state index contributed by atoms with van der Waals surface area (Å²) in [5, 5.41) is 17.4.